The van der Waals surface area contributed by atoms with Crippen molar-refractivity contribution in [3.05, 3.63) is 11.8 Å². The number of rotatable bonds is 6. The van der Waals surface area contributed by atoms with Gasteiger partial charge < -0.3 is 15.0 Å². The van der Waals surface area contributed by atoms with Crippen LogP contribution in [0.3, 0.4) is 0 Å². The Kier molecular flexibility index (Phi) is 4.98. The summed E-state index contributed by atoms with van der Waals surface area (Å²) in [6, 6.07) is 0. The second kappa shape index (κ2) is 6.27. The molecule has 0 saturated carbocycles. The van der Waals surface area contributed by atoms with Crippen molar-refractivity contribution in [3.63, 3.8) is 0 Å². The number of hydrogen-bond donors (Lipinski definition) is 1. The molecule has 16 heavy (non-hydrogen) atoms. The van der Waals surface area contributed by atoms with E-state index in [2.05, 4.69) is 20.2 Å². The molecule has 0 atom stereocenters. The lowest BCUT2D eigenvalue weighted by Crippen LogP contribution is -2.24. The van der Waals surface area contributed by atoms with Gasteiger partial charge in [0.1, 0.15) is 5.82 Å². The van der Waals surface area contributed by atoms with E-state index in [1.165, 1.54) is 0 Å². The topological polar surface area (TPSA) is 50.3 Å². The molecule has 0 bridgehead atoms. The van der Waals surface area contributed by atoms with Crippen molar-refractivity contribution in [1.82, 2.24) is 9.97 Å². The maximum Gasteiger partial charge on any atom is 0.224 e. The van der Waals surface area contributed by atoms with Crippen LogP contribution in [0.1, 0.15) is 12.5 Å². The van der Waals surface area contributed by atoms with E-state index >= 15 is 0 Å². The van der Waals surface area contributed by atoms with Crippen molar-refractivity contribution in [1.29, 1.82) is 0 Å². The minimum atomic E-state index is 0.673. The van der Waals surface area contributed by atoms with E-state index in [1.54, 1.807) is 7.11 Å². The number of anilines is 2. The molecule has 0 unspecified atom stereocenters. The highest BCUT2D eigenvalue weighted by Crippen LogP contribution is 2.16. The molecule has 0 fully saturated rings. The number of aromatic nitrogens is 2. The van der Waals surface area contributed by atoms with E-state index in [-0.39, 0.29) is 0 Å². The summed E-state index contributed by atoms with van der Waals surface area (Å²) in [5.41, 5.74) is 1.07. The fourth-order valence-electron chi connectivity index (χ4n) is 1.40. The van der Waals surface area contributed by atoms with E-state index in [4.69, 9.17) is 4.74 Å². The van der Waals surface area contributed by atoms with Crippen LogP contribution in [0.25, 0.3) is 0 Å². The normalized spacial score (nSPS) is 10.2. The molecule has 0 amide bonds. The molecule has 5 nitrogen and oxygen atoms in total. The average Bonchev–Trinajstić information content (AvgIpc) is 2.29. The first-order valence-corrected chi connectivity index (χ1v) is 5.46. The van der Waals surface area contributed by atoms with Crippen LogP contribution in [-0.2, 0) is 4.74 Å². The third-order valence-electron chi connectivity index (χ3n) is 2.27. The number of likely N-dealkylation sites (N-methyl/N-ethyl adjacent to an activating group) is 1. The lowest BCUT2D eigenvalue weighted by molar-refractivity contribution is 0.206. The van der Waals surface area contributed by atoms with E-state index in [0.717, 1.165) is 24.5 Å². The van der Waals surface area contributed by atoms with Crippen molar-refractivity contribution < 1.29 is 4.74 Å². The molecular formula is C11H20N4O. The summed E-state index contributed by atoms with van der Waals surface area (Å²) in [7, 11) is 3.70. The van der Waals surface area contributed by atoms with Crippen LogP contribution >= 0.6 is 0 Å². The van der Waals surface area contributed by atoms with Crippen molar-refractivity contribution in [2.45, 2.75) is 13.8 Å². The van der Waals surface area contributed by atoms with Crippen LogP contribution in [-0.4, -0.2) is 43.8 Å². The van der Waals surface area contributed by atoms with Gasteiger partial charge in [-0.2, -0.15) is 4.98 Å². The van der Waals surface area contributed by atoms with Gasteiger partial charge in [-0.15, -0.1) is 0 Å². The fourth-order valence-corrected chi connectivity index (χ4v) is 1.40. The van der Waals surface area contributed by atoms with Gasteiger partial charge in [0.15, 0.2) is 0 Å². The second-order valence-corrected chi connectivity index (χ2v) is 3.64. The van der Waals surface area contributed by atoms with Gasteiger partial charge in [0, 0.05) is 39.0 Å². The molecule has 0 radical (unpaired) electrons. The summed E-state index contributed by atoms with van der Waals surface area (Å²) in [5.74, 6) is 1.62. The van der Waals surface area contributed by atoms with Crippen LogP contribution in [0.2, 0.25) is 0 Å². The molecule has 0 spiro atoms. The molecule has 0 saturated heterocycles. The van der Waals surface area contributed by atoms with Gasteiger partial charge in [0.25, 0.3) is 0 Å². The molecule has 0 aliphatic carbocycles. The monoisotopic (exact) mass is 224 g/mol. The fraction of sp³-hybridized carbons (Fsp3) is 0.636. The molecule has 0 aromatic carbocycles. The van der Waals surface area contributed by atoms with E-state index in [1.807, 2.05) is 27.1 Å². The number of nitrogens with zero attached hydrogens (tertiary/aromatic N) is 3. The Morgan fingerprint density at radius 1 is 1.50 bits per heavy atom. The summed E-state index contributed by atoms with van der Waals surface area (Å²) < 4.78 is 5.05. The first kappa shape index (κ1) is 12.7. The average molecular weight is 224 g/mol. The van der Waals surface area contributed by atoms with Crippen LogP contribution in [0.4, 0.5) is 11.8 Å². The molecule has 1 aromatic heterocycles. The summed E-state index contributed by atoms with van der Waals surface area (Å²) in [4.78, 5) is 10.7. The molecule has 1 rings (SSSR count). The Morgan fingerprint density at radius 3 is 2.88 bits per heavy atom. The van der Waals surface area contributed by atoms with Gasteiger partial charge in [0.05, 0.1) is 6.61 Å². The smallest absolute Gasteiger partial charge is 0.224 e. The highest BCUT2D eigenvalue weighted by Gasteiger charge is 2.07. The highest BCUT2D eigenvalue weighted by atomic mass is 16.5. The van der Waals surface area contributed by atoms with Crippen molar-refractivity contribution >= 4 is 11.8 Å². The number of ether oxygens (including phenoxy) is 1. The first-order chi connectivity index (χ1) is 7.69. The Labute approximate surface area is 96.8 Å². The van der Waals surface area contributed by atoms with Crippen molar-refractivity contribution in [2.24, 2.45) is 0 Å². The quantitative estimate of drug-likeness (QED) is 0.789. The predicted molar refractivity (Wildman–Crippen MR) is 66.1 cm³/mol. The van der Waals surface area contributed by atoms with Gasteiger partial charge in [0.2, 0.25) is 5.95 Å². The summed E-state index contributed by atoms with van der Waals surface area (Å²) >= 11 is 0. The zero-order valence-corrected chi connectivity index (χ0v) is 10.4. The first-order valence-electron chi connectivity index (χ1n) is 5.46. The molecule has 1 N–H and O–H groups in total. The Hall–Kier alpha value is -1.36. The van der Waals surface area contributed by atoms with Gasteiger partial charge >= 0.3 is 0 Å². The summed E-state index contributed by atoms with van der Waals surface area (Å²) in [5, 5.41) is 3.11. The van der Waals surface area contributed by atoms with Gasteiger partial charge in [-0.05, 0) is 13.8 Å². The standard InChI is InChI=1S/C11H20N4O/c1-5-12-11-13-8-9(2)10(14-11)15(3)6-7-16-4/h8H,5-7H2,1-4H3,(H,12,13,14). The minimum Gasteiger partial charge on any atom is -0.383 e. The predicted octanol–water partition coefficient (Wildman–Crippen LogP) is 1.30. The zero-order valence-electron chi connectivity index (χ0n) is 10.4. The Balaban J connectivity index is 2.79. The number of aryl methyl sites for hydroxylation is 1. The van der Waals surface area contributed by atoms with Crippen LogP contribution in [0, 0.1) is 6.92 Å². The Morgan fingerprint density at radius 2 is 2.25 bits per heavy atom. The van der Waals surface area contributed by atoms with Crippen LogP contribution < -0.4 is 10.2 Å². The number of nitrogens with one attached hydrogen (secondary N) is 1. The van der Waals surface area contributed by atoms with Crippen molar-refractivity contribution in [2.75, 3.05) is 44.1 Å². The molecular weight excluding hydrogens is 204 g/mol. The SMILES string of the molecule is CCNc1ncc(C)c(N(C)CCOC)n1. The molecule has 5 heteroatoms. The van der Waals surface area contributed by atoms with E-state index in [9.17, 15) is 0 Å². The molecule has 0 aliphatic rings. The lowest BCUT2D eigenvalue weighted by Gasteiger charge is -2.20. The lowest BCUT2D eigenvalue weighted by atomic mass is 10.3. The maximum atomic E-state index is 5.05. The minimum absolute atomic E-state index is 0.673. The third-order valence-corrected chi connectivity index (χ3v) is 2.27. The third kappa shape index (κ3) is 3.34. The second-order valence-electron chi connectivity index (χ2n) is 3.64. The molecule has 1 heterocycles. The largest absolute Gasteiger partial charge is 0.383 e. The maximum absolute atomic E-state index is 5.05. The summed E-state index contributed by atoms with van der Waals surface area (Å²) in [6.45, 7) is 6.37. The van der Waals surface area contributed by atoms with Gasteiger partial charge in [-0.3, -0.25) is 0 Å². The van der Waals surface area contributed by atoms with Gasteiger partial charge in [-0.25, -0.2) is 4.98 Å². The Bertz CT molecular complexity index is 330. The molecule has 0 aliphatic heterocycles. The van der Waals surface area contributed by atoms with Crippen molar-refractivity contribution in [3.8, 4) is 0 Å². The van der Waals surface area contributed by atoms with E-state index in [0.29, 0.717) is 12.6 Å². The molecule has 1 aromatic rings. The van der Waals surface area contributed by atoms with Gasteiger partial charge in [-0.1, -0.05) is 0 Å². The van der Waals surface area contributed by atoms with Crippen LogP contribution in [0.15, 0.2) is 6.20 Å². The zero-order chi connectivity index (χ0) is 12.0. The number of methoxy groups -OCH3 is 1. The molecule has 90 valence electrons. The van der Waals surface area contributed by atoms with E-state index < -0.39 is 0 Å². The highest BCUT2D eigenvalue weighted by molar-refractivity contribution is 5.48. The van der Waals surface area contributed by atoms with Crippen LogP contribution in [0.5, 0.6) is 0 Å². The summed E-state index contributed by atoms with van der Waals surface area (Å²) in [6.07, 6.45) is 1.84. The number of hydrogen-bond acceptors (Lipinski definition) is 5.